The van der Waals surface area contributed by atoms with E-state index < -0.39 is 5.82 Å². The van der Waals surface area contributed by atoms with E-state index in [1.807, 2.05) is 18.2 Å². The number of nitrogens with zero attached hydrogens (tertiary/aromatic N) is 2. The standard InChI is InChI=1S/C27H26ClFN2O3/c1-4-33-27-25(29)26(21-6-5-7-22(16-21)32-3)30-31(27)14-15-34-24-13-12-20(17-23(24)28)19-10-8-18(2)9-11-19/h5-13,16-17H,4,14-15H2,1-3H3. The summed E-state index contributed by atoms with van der Waals surface area (Å²) in [7, 11) is 1.56. The minimum Gasteiger partial charge on any atom is -0.497 e. The number of halogens is 2. The Morgan fingerprint density at radius 3 is 2.41 bits per heavy atom. The lowest BCUT2D eigenvalue weighted by molar-refractivity contribution is 0.253. The van der Waals surface area contributed by atoms with Gasteiger partial charge in [0.15, 0.2) is 0 Å². The van der Waals surface area contributed by atoms with Crippen LogP contribution in [0.25, 0.3) is 22.4 Å². The first-order valence-corrected chi connectivity index (χ1v) is 11.4. The molecule has 0 saturated carbocycles. The van der Waals surface area contributed by atoms with Crippen LogP contribution in [-0.4, -0.2) is 30.1 Å². The molecule has 0 N–H and O–H groups in total. The molecule has 0 bridgehead atoms. The van der Waals surface area contributed by atoms with Crippen LogP contribution in [0, 0.1) is 12.7 Å². The topological polar surface area (TPSA) is 45.5 Å². The smallest absolute Gasteiger partial charge is 0.249 e. The molecule has 4 rings (SSSR count). The number of ether oxygens (including phenoxy) is 3. The zero-order valence-electron chi connectivity index (χ0n) is 19.3. The van der Waals surface area contributed by atoms with Gasteiger partial charge >= 0.3 is 0 Å². The third-order valence-corrected chi connectivity index (χ3v) is 5.65. The number of hydrogen-bond donors (Lipinski definition) is 0. The average Bonchev–Trinajstić information content (AvgIpc) is 3.16. The van der Waals surface area contributed by atoms with Crippen LogP contribution in [0.3, 0.4) is 0 Å². The van der Waals surface area contributed by atoms with Crippen LogP contribution in [-0.2, 0) is 6.54 Å². The van der Waals surface area contributed by atoms with Gasteiger partial charge in [-0.1, -0.05) is 59.6 Å². The monoisotopic (exact) mass is 480 g/mol. The summed E-state index contributed by atoms with van der Waals surface area (Å²) >= 11 is 6.47. The van der Waals surface area contributed by atoms with E-state index in [1.54, 1.807) is 38.3 Å². The Labute approximate surface area is 203 Å². The van der Waals surface area contributed by atoms with E-state index in [2.05, 4.69) is 36.3 Å². The molecule has 4 aromatic rings. The lowest BCUT2D eigenvalue weighted by atomic mass is 10.0. The zero-order chi connectivity index (χ0) is 24.1. The van der Waals surface area contributed by atoms with Crippen LogP contribution < -0.4 is 14.2 Å². The van der Waals surface area contributed by atoms with Gasteiger partial charge < -0.3 is 14.2 Å². The van der Waals surface area contributed by atoms with Crippen molar-refractivity contribution in [3.05, 3.63) is 83.1 Å². The Kier molecular flexibility index (Phi) is 7.38. The van der Waals surface area contributed by atoms with E-state index >= 15 is 4.39 Å². The Hall–Kier alpha value is -3.51. The maximum Gasteiger partial charge on any atom is 0.249 e. The zero-order valence-corrected chi connectivity index (χ0v) is 20.1. The highest BCUT2D eigenvalue weighted by molar-refractivity contribution is 6.32. The number of methoxy groups -OCH3 is 1. The fourth-order valence-electron chi connectivity index (χ4n) is 3.59. The van der Waals surface area contributed by atoms with Gasteiger partial charge in [-0.05, 0) is 49.2 Å². The van der Waals surface area contributed by atoms with Gasteiger partial charge in [0, 0.05) is 5.56 Å². The maximum absolute atomic E-state index is 15.1. The van der Waals surface area contributed by atoms with Crippen molar-refractivity contribution in [2.75, 3.05) is 20.3 Å². The molecular formula is C27H26ClFN2O3. The van der Waals surface area contributed by atoms with Crippen LogP contribution in [0.5, 0.6) is 17.4 Å². The first kappa shape index (κ1) is 23.6. The van der Waals surface area contributed by atoms with Crippen molar-refractivity contribution in [2.24, 2.45) is 0 Å². The highest BCUT2D eigenvalue weighted by atomic mass is 35.5. The number of rotatable bonds is 9. The molecule has 3 aromatic carbocycles. The predicted octanol–water partition coefficient (Wildman–Crippen LogP) is 6.80. The Morgan fingerprint density at radius 2 is 1.71 bits per heavy atom. The second kappa shape index (κ2) is 10.6. The van der Waals surface area contributed by atoms with Crippen molar-refractivity contribution < 1.29 is 18.6 Å². The SMILES string of the molecule is CCOc1c(F)c(-c2cccc(OC)c2)nn1CCOc1ccc(-c2ccc(C)cc2)cc1Cl. The summed E-state index contributed by atoms with van der Waals surface area (Å²) in [4.78, 5) is 0. The summed E-state index contributed by atoms with van der Waals surface area (Å²) in [5.74, 6) is 0.730. The Bertz CT molecular complexity index is 1270. The van der Waals surface area contributed by atoms with Gasteiger partial charge in [-0.3, -0.25) is 0 Å². The van der Waals surface area contributed by atoms with Crippen LogP contribution in [0.1, 0.15) is 12.5 Å². The summed E-state index contributed by atoms with van der Waals surface area (Å²) in [6.07, 6.45) is 0. The number of aryl methyl sites for hydroxylation is 1. The van der Waals surface area contributed by atoms with E-state index in [9.17, 15) is 0 Å². The molecule has 0 spiro atoms. The number of benzene rings is 3. The highest BCUT2D eigenvalue weighted by Gasteiger charge is 2.21. The molecule has 0 aliphatic carbocycles. The van der Waals surface area contributed by atoms with Crippen molar-refractivity contribution in [3.63, 3.8) is 0 Å². The maximum atomic E-state index is 15.1. The van der Waals surface area contributed by atoms with Crippen molar-refractivity contribution >= 4 is 11.6 Å². The first-order chi connectivity index (χ1) is 16.5. The van der Waals surface area contributed by atoms with Crippen molar-refractivity contribution in [3.8, 4) is 39.8 Å². The average molecular weight is 481 g/mol. The van der Waals surface area contributed by atoms with E-state index in [0.29, 0.717) is 28.7 Å². The molecule has 176 valence electrons. The Morgan fingerprint density at radius 1 is 0.941 bits per heavy atom. The normalized spacial score (nSPS) is 10.9. The van der Waals surface area contributed by atoms with E-state index in [1.165, 1.54) is 10.2 Å². The molecule has 0 fully saturated rings. The van der Waals surface area contributed by atoms with Gasteiger partial charge in [0.25, 0.3) is 0 Å². The molecule has 0 saturated heterocycles. The largest absolute Gasteiger partial charge is 0.497 e. The Balaban J connectivity index is 1.49. The minimum absolute atomic E-state index is 0.0738. The molecule has 0 aliphatic rings. The van der Waals surface area contributed by atoms with E-state index in [4.69, 9.17) is 25.8 Å². The van der Waals surface area contributed by atoms with E-state index in [0.717, 1.165) is 11.1 Å². The van der Waals surface area contributed by atoms with Gasteiger partial charge in [-0.2, -0.15) is 9.49 Å². The lowest BCUT2D eigenvalue weighted by Gasteiger charge is -2.11. The molecule has 0 aliphatic heterocycles. The van der Waals surface area contributed by atoms with Crippen LogP contribution in [0.15, 0.2) is 66.7 Å². The molecule has 1 heterocycles. The molecular weight excluding hydrogens is 455 g/mol. The van der Waals surface area contributed by atoms with Gasteiger partial charge in [-0.15, -0.1) is 0 Å². The van der Waals surface area contributed by atoms with Gasteiger partial charge in [-0.25, -0.2) is 4.68 Å². The quantitative estimate of drug-likeness (QED) is 0.264. The summed E-state index contributed by atoms with van der Waals surface area (Å²) < 4.78 is 33.3. The van der Waals surface area contributed by atoms with Gasteiger partial charge in [0.05, 0.1) is 25.3 Å². The molecule has 0 unspecified atom stereocenters. The fraction of sp³-hybridized carbons (Fsp3) is 0.222. The molecule has 5 nitrogen and oxygen atoms in total. The number of hydrogen-bond acceptors (Lipinski definition) is 4. The first-order valence-electron chi connectivity index (χ1n) is 11.0. The highest BCUT2D eigenvalue weighted by Crippen LogP contribution is 2.32. The van der Waals surface area contributed by atoms with Crippen LogP contribution in [0.2, 0.25) is 5.02 Å². The van der Waals surface area contributed by atoms with Crippen LogP contribution >= 0.6 is 11.6 Å². The third kappa shape index (κ3) is 5.18. The summed E-state index contributed by atoms with van der Waals surface area (Å²) in [6, 6.07) is 21.0. The fourth-order valence-corrected chi connectivity index (χ4v) is 3.83. The minimum atomic E-state index is -0.518. The molecule has 0 radical (unpaired) electrons. The molecule has 34 heavy (non-hydrogen) atoms. The van der Waals surface area contributed by atoms with Crippen molar-refractivity contribution in [1.82, 2.24) is 9.78 Å². The summed E-state index contributed by atoms with van der Waals surface area (Å²) in [5.41, 5.74) is 4.09. The van der Waals surface area contributed by atoms with Crippen LogP contribution in [0.4, 0.5) is 4.39 Å². The van der Waals surface area contributed by atoms with Gasteiger partial charge in [0.1, 0.15) is 23.8 Å². The third-order valence-electron chi connectivity index (χ3n) is 5.35. The van der Waals surface area contributed by atoms with Crippen molar-refractivity contribution in [2.45, 2.75) is 20.4 Å². The second-order valence-corrected chi connectivity index (χ2v) is 8.12. The molecule has 7 heteroatoms. The van der Waals surface area contributed by atoms with E-state index in [-0.39, 0.29) is 24.7 Å². The number of aromatic nitrogens is 2. The van der Waals surface area contributed by atoms with Crippen molar-refractivity contribution in [1.29, 1.82) is 0 Å². The summed E-state index contributed by atoms with van der Waals surface area (Å²) in [6.45, 7) is 4.69. The molecule has 0 amide bonds. The van der Waals surface area contributed by atoms with Gasteiger partial charge in [0.2, 0.25) is 11.7 Å². The lowest BCUT2D eigenvalue weighted by Crippen LogP contribution is -2.12. The molecule has 0 atom stereocenters. The summed E-state index contributed by atoms with van der Waals surface area (Å²) in [5, 5.41) is 4.94. The molecule has 1 aromatic heterocycles. The second-order valence-electron chi connectivity index (χ2n) is 7.72. The predicted molar refractivity (Wildman–Crippen MR) is 132 cm³/mol.